The highest BCUT2D eigenvalue weighted by Gasteiger charge is 2.02. The van der Waals surface area contributed by atoms with E-state index in [1.54, 1.807) is 0 Å². The number of nitrogens with one attached hydrogen (secondary N) is 2. The summed E-state index contributed by atoms with van der Waals surface area (Å²) in [6.07, 6.45) is 0.597. The topological polar surface area (TPSA) is 132 Å². The van der Waals surface area contributed by atoms with Crippen molar-refractivity contribution in [3.05, 3.63) is 0 Å². The summed E-state index contributed by atoms with van der Waals surface area (Å²) in [5.74, 6) is -0.140. The summed E-state index contributed by atoms with van der Waals surface area (Å²) in [4.78, 5) is 23.3. The van der Waals surface area contributed by atoms with E-state index >= 15 is 0 Å². The van der Waals surface area contributed by atoms with Gasteiger partial charge in [0, 0.05) is 39.1 Å². The second-order valence-corrected chi connectivity index (χ2v) is 7.27. The van der Waals surface area contributed by atoms with Gasteiger partial charge in [-0.1, -0.05) is 0 Å². The number of amides is 2. The SMILES string of the molecule is CCOCCOCCNC(=O)CCOCCOCCOCCOCCC(=O)NCCOCCOCC. The number of hydrogen-bond acceptors (Lipinski definition) is 10. The zero-order valence-corrected chi connectivity index (χ0v) is 22.2. The van der Waals surface area contributed by atoms with Crippen LogP contribution in [0.15, 0.2) is 0 Å². The van der Waals surface area contributed by atoms with Gasteiger partial charge in [-0.2, -0.15) is 0 Å². The molecule has 0 aromatic heterocycles. The summed E-state index contributed by atoms with van der Waals surface area (Å²) in [6.45, 7) is 12.5. The molecule has 0 bridgehead atoms. The lowest BCUT2D eigenvalue weighted by Gasteiger charge is -2.09. The van der Waals surface area contributed by atoms with E-state index in [0.717, 1.165) is 0 Å². The van der Waals surface area contributed by atoms with Gasteiger partial charge in [0.1, 0.15) is 0 Å². The van der Waals surface area contributed by atoms with E-state index in [2.05, 4.69) is 10.6 Å². The molecule has 0 aromatic carbocycles. The van der Waals surface area contributed by atoms with E-state index in [1.165, 1.54) is 0 Å². The minimum absolute atomic E-state index is 0.0701. The maximum Gasteiger partial charge on any atom is 0.222 e. The minimum atomic E-state index is -0.0701. The van der Waals surface area contributed by atoms with Crippen LogP contribution in [-0.2, 0) is 47.5 Å². The molecule has 0 radical (unpaired) electrons. The molecule has 2 amide bonds. The molecule has 0 saturated heterocycles. The molecule has 0 aromatic rings. The number of ether oxygens (including phenoxy) is 8. The Hall–Kier alpha value is -1.38. The molecule has 12 heteroatoms. The molecule has 0 aliphatic heterocycles. The van der Waals surface area contributed by atoms with Crippen LogP contribution in [-0.4, -0.2) is 131 Å². The molecule has 0 heterocycles. The van der Waals surface area contributed by atoms with Crippen molar-refractivity contribution in [3.8, 4) is 0 Å². The number of hydrogen-bond donors (Lipinski definition) is 2. The van der Waals surface area contributed by atoms with Crippen LogP contribution >= 0.6 is 0 Å². The van der Waals surface area contributed by atoms with E-state index in [1.807, 2.05) is 13.8 Å². The fourth-order valence-corrected chi connectivity index (χ4v) is 2.52. The quantitative estimate of drug-likeness (QED) is 0.131. The number of rotatable bonds is 29. The van der Waals surface area contributed by atoms with Gasteiger partial charge >= 0.3 is 0 Å². The lowest BCUT2D eigenvalue weighted by atomic mass is 10.4. The van der Waals surface area contributed by atoms with Crippen molar-refractivity contribution in [2.24, 2.45) is 0 Å². The molecule has 0 aliphatic rings. The predicted octanol–water partition coefficient (Wildman–Crippen LogP) is 0.172. The summed E-state index contributed by atoms with van der Waals surface area (Å²) in [5.41, 5.74) is 0. The summed E-state index contributed by atoms with van der Waals surface area (Å²) in [6, 6.07) is 0. The first kappa shape index (κ1) is 34.6. The molecule has 0 rings (SSSR count). The van der Waals surface area contributed by atoms with Crippen LogP contribution in [0.1, 0.15) is 26.7 Å². The Kier molecular flexibility index (Phi) is 28.7. The van der Waals surface area contributed by atoms with Gasteiger partial charge in [0.05, 0.1) is 92.5 Å². The Bertz CT molecular complexity index is 444. The maximum atomic E-state index is 11.6. The summed E-state index contributed by atoms with van der Waals surface area (Å²) in [7, 11) is 0. The molecular weight excluding hydrogens is 476 g/mol. The first-order valence-corrected chi connectivity index (χ1v) is 12.9. The summed E-state index contributed by atoms with van der Waals surface area (Å²) >= 11 is 0. The zero-order valence-electron chi connectivity index (χ0n) is 22.2. The first-order chi connectivity index (χ1) is 17.7. The molecule has 36 heavy (non-hydrogen) atoms. The monoisotopic (exact) mass is 524 g/mol. The second-order valence-electron chi connectivity index (χ2n) is 7.27. The van der Waals surface area contributed by atoms with Gasteiger partial charge in [-0.3, -0.25) is 9.59 Å². The average Bonchev–Trinajstić information content (AvgIpc) is 2.87. The van der Waals surface area contributed by atoms with E-state index in [-0.39, 0.29) is 11.8 Å². The highest BCUT2D eigenvalue weighted by Crippen LogP contribution is 1.88. The molecule has 0 saturated carbocycles. The Labute approximate surface area is 215 Å². The maximum absolute atomic E-state index is 11.6. The van der Waals surface area contributed by atoms with Crippen molar-refractivity contribution in [2.75, 3.05) is 119 Å². The Morgan fingerprint density at radius 1 is 0.417 bits per heavy atom. The standard InChI is InChI=1S/C24H48N2O10/c1-3-29-13-15-33-11-7-25-23(27)5-9-31-17-19-35-21-22-36-20-18-32-10-6-24(28)26-8-12-34-16-14-30-4-2/h3-22H2,1-2H3,(H,25,27)(H,26,28). The molecule has 2 N–H and O–H groups in total. The molecule has 0 spiro atoms. The smallest absolute Gasteiger partial charge is 0.222 e. The number of carbonyl (C=O) groups excluding carboxylic acids is 2. The van der Waals surface area contributed by atoms with Crippen molar-refractivity contribution < 1.29 is 47.5 Å². The van der Waals surface area contributed by atoms with Crippen LogP contribution in [0.5, 0.6) is 0 Å². The van der Waals surface area contributed by atoms with E-state index in [0.29, 0.717) is 132 Å². The van der Waals surface area contributed by atoms with Crippen LogP contribution in [0.3, 0.4) is 0 Å². The van der Waals surface area contributed by atoms with Crippen molar-refractivity contribution in [3.63, 3.8) is 0 Å². The third kappa shape index (κ3) is 28.9. The van der Waals surface area contributed by atoms with Gasteiger partial charge in [0.25, 0.3) is 0 Å². The largest absolute Gasteiger partial charge is 0.379 e. The van der Waals surface area contributed by atoms with Crippen LogP contribution in [0, 0.1) is 0 Å². The van der Waals surface area contributed by atoms with Crippen molar-refractivity contribution in [1.82, 2.24) is 10.6 Å². The first-order valence-electron chi connectivity index (χ1n) is 12.9. The van der Waals surface area contributed by atoms with Crippen LogP contribution in [0.2, 0.25) is 0 Å². The molecule has 12 nitrogen and oxygen atoms in total. The average molecular weight is 525 g/mol. The Morgan fingerprint density at radius 2 is 0.694 bits per heavy atom. The van der Waals surface area contributed by atoms with Gasteiger partial charge in [0.2, 0.25) is 11.8 Å². The third-order valence-electron chi connectivity index (χ3n) is 4.35. The van der Waals surface area contributed by atoms with E-state index in [4.69, 9.17) is 37.9 Å². The van der Waals surface area contributed by atoms with Gasteiger partial charge in [0.15, 0.2) is 0 Å². The fraction of sp³-hybridized carbons (Fsp3) is 0.917. The molecular formula is C24H48N2O10. The lowest BCUT2D eigenvalue weighted by Crippen LogP contribution is -2.28. The minimum Gasteiger partial charge on any atom is -0.379 e. The highest BCUT2D eigenvalue weighted by atomic mass is 16.6. The van der Waals surface area contributed by atoms with Crippen LogP contribution < -0.4 is 10.6 Å². The van der Waals surface area contributed by atoms with Crippen molar-refractivity contribution in [1.29, 1.82) is 0 Å². The van der Waals surface area contributed by atoms with Gasteiger partial charge in [-0.25, -0.2) is 0 Å². The van der Waals surface area contributed by atoms with Crippen molar-refractivity contribution >= 4 is 11.8 Å². The summed E-state index contributed by atoms with van der Waals surface area (Å²) in [5, 5.41) is 5.54. The lowest BCUT2D eigenvalue weighted by molar-refractivity contribution is -0.123. The molecule has 0 atom stereocenters. The van der Waals surface area contributed by atoms with Crippen LogP contribution in [0.25, 0.3) is 0 Å². The predicted molar refractivity (Wildman–Crippen MR) is 133 cm³/mol. The van der Waals surface area contributed by atoms with E-state index < -0.39 is 0 Å². The summed E-state index contributed by atoms with van der Waals surface area (Å²) < 4.78 is 42.5. The molecule has 214 valence electrons. The fourth-order valence-electron chi connectivity index (χ4n) is 2.52. The van der Waals surface area contributed by atoms with Crippen molar-refractivity contribution in [2.45, 2.75) is 26.7 Å². The van der Waals surface area contributed by atoms with Gasteiger partial charge in [-0.15, -0.1) is 0 Å². The zero-order chi connectivity index (χ0) is 26.4. The molecule has 0 fully saturated rings. The second kappa shape index (κ2) is 29.8. The van der Waals surface area contributed by atoms with Crippen LogP contribution in [0.4, 0.5) is 0 Å². The number of carbonyl (C=O) groups is 2. The highest BCUT2D eigenvalue weighted by molar-refractivity contribution is 5.76. The van der Waals surface area contributed by atoms with Gasteiger partial charge < -0.3 is 48.5 Å². The Balaban J connectivity index is 3.20. The Morgan fingerprint density at radius 3 is 1.03 bits per heavy atom. The third-order valence-corrected chi connectivity index (χ3v) is 4.35. The van der Waals surface area contributed by atoms with Gasteiger partial charge in [-0.05, 0) is 13.8 Å². The molecule has 0 unspecified atom stereocenters. The van der Waals surface area contributed by atoms with E-state index in [9.17, 15) is 9.59 Å². The normalized spacial score (nSPS) is 11.1. The molecule has 0 aliphatic carbocycles.